The molecule has 0 aliphatic carbocycles. The summed E-state index contributed by atoms with van der Waals surface area (Å²) in [4.78, 5) is 0. The maximum atomic E-state index is 13.2. The fourth-order valence-electron chi connectivity index (χ4n) is 2.29. The lowest BCUT2D eigenvalue weighted by molar-refractivity contribution is 0.331. The minimum atomic E-state index is -2.51. The third-order valence-corrected chi connectivity index (χ3v) is 7.24. The average Bonchev–Trinajstić information content (AvgIpc) is 2.99. The van der Waals surface area contributed by atoms with Gasteiger partial charge < -0.3 is 4.74 Å². The van der Waals surface area contributed by atoms with Gasteiger partial charge in [-0.1, -0.05) is 27.7 Å². The van der Waals surface area contributed by atoms with E-state index >= 15 is 0 Å². The molecule has 4 nitrogen and oxygen atoms in total. The summed E-state index contributed by atoms with van der Waals surface area (Å²) in [6, 6.07) is 0. The molecule has 1 rings (SSSR count). The van der Waals surface area contributed by atoms with Gasteiger partial charge in [-0.05, 0) is 6.92 Å². The van der Waals surface area contributed by atoms with Crippen LogP contribution in [0.1, 0.15) is 34.6 Å². The molecule has 2 atom stereocenters. The van der Waals surface area contributed by atoms with E-state index in [1.54, 1.807) is 0 Å². The highest BCUT2D eigenvalue weighted by molar-refractivity contribution is 7.60. The van der Waals surface area contributed by atoms with E-state index in [4.69, 9.17) is 4.74 Å². The highest BCUT2D eigenvalue weighted by atomic mass is 31.2. The van der Waals surface area contributed by atoms with Crippen LogP contribution in [0.2, 0.25) is 0 Å². The van der Waals surface area contributed by atoms with Crippen molar-refractivity contribution in [1.29, 1.82) is 0 Å². The second-order valence-electron chi connectivity index (χ2n) is 4.10. The Hall–Kier alpha value is 0.110. The molecule has 5 heteroatoms. The summed E-state index contributed by atoms with van der Waals surface area (Å²) >= 11 is 0. The van der Waals surface area contributed by atoms with Gasteiger partial charge in [0.15, 0.2) is 5.85 Å². The van der Waals surface area contributed by atoms with Gasteiger partial charge in [-0.15, -0.1) is 0 Å². The van der Waals surface area contributed by atoms with Crippen LogP contribution in [0.4, 0.5) is 0 Å². The zero-order valence-corrected chi connectivity index (χ0v) is 12.0. The Morgan fingerprint density at radius 2 is 1.31 bits per heavy atom. The molecule has 0 aromatic carbocycles. The molecule has 0 radical (unpaired) electrons. The van der Waals surface area contributed by atoms with Gasteiger partial charge in [-0.3, -0.25) is 4.57 Å². The van der Waals surface area contributed by atoms with E-state index in [0.29, 0.717) is 0 Å². The molecule has 0 bridgehead atoms. The Morgan fingerprint density at radius 1 is 1.00 bits per heavy atom. The third-order valence-electron chi connectivity index (χ3n) is 3.28. The molecule has 16 heavy (non-hydrogen) atoms. The summed E-state index contributed by atoms with van der Waals surface area (Å²) in [5.41, 5.74) is 0. The zero-order chi connectivity index (χ0) is 12.3. The number of ether oxygens (including phenoxy) is 1. The molecule has 0 spiro atoms. The molecule has 0 aromatic heterocycles. The lowest BCUT2D eigenvalue weighted by Crippen LogP contribution is -2.34. The van der Waals surface area contributed by atoms with E-state index in [1.807, 2.05) is 6.92 Å². The summed E-state index contributed by atoms with van der Waals surface area (Å²) < 4.78 is 22.9. The van der Waals surface area contributed by atoms with E-state index in [2.05, 4.69) is 37.0 Å². The van der Waals surface area contributed by atoms with Crippen molar-refractivity contribution >= 4 is 7.44 Å². The molecule has 0 aromatic rings. The van der Waals surface area contributed by atoms with Gasteiger partial charge in [-0.25, -0.2) is 9.34 Å². The van der Waals surface area contributed by atoms with E-state index in [-0.39, 0.29) is 11.9 Å². The maximum Gasteiger partial charge on any atom is 0.247 e. The van der Waals surface area contributed by atoms with Gasteiger partial charge in [0.25, 0.3) is 0 Å². The van der Waals surface area contributed by atoms with Gasteiger partial charge in [0.05, 0.1) is 6.10 Å². The molecule has 0 unspecified atom stereocenters. The Balaban J connectivity index is 2.96. The van der Waals surface area contributed by atoms with Crippen molar-refractivity contribution in [2.24, 2.45) is 0 Å². The number of hydrogen-bond acceptors (Lipinski definition) is 2. The van der Waals surface area contributed by atoms with Crippen LogP contribution in [0.3, 0.4) is 0 Å². The smallest absolute Gasteiger partial charge is 0.247 e. The Bertz CT molecular complexity index is 249. The van der Waals surface area contributed by atoms with Crippen LogP contribution in [-0.2, 0) is 9.30 Å². The molecule has 1 saturated heterocycles. The lowest BCUT2D eigenvalue weighted by atomic mass is 10.6. The van der Waals surface area contributed by atoms with Crippen molar-refractivity contribution in [3.05, 3.63) is 0 Å². The van der Waals surface area contributed by atoms with Crippen LogP contribution in [0, 0.1) is 0 Å². The Morgan fingerprint density at radius 3 is 1.50 bits per heavy atom. The monoisotopic (exact) mass is 248 g/mol. The van der Waals surface area contributed by atoms with E-state index < -0.39 is 7.44 Å². The zero-order valence-electron chi connectivity index (χ0n) is 11.1. The first-order chi connectivity index (χ1) is 7.55. The molecule has 1 aliphatic rings. The molecular weight excluding hydrogens is 223 g/mol. The highest BCUT2D eigenvalue weighted by Crippen LogP contribution is 2.64. The fourth-order valence-corrected chi connectivity index (χ4v) is 5.81. The summed E-state index contributed by atoms with van der Waals surface area (Å²) in [7, 11) is -2.51. The van der Waals surface area contributed by atoms with E-state index in [0.717, 1.165) is 26.2 Å². The summed E-state index contributed by atoms with van der Waals surface area (Å²) in [6.45, 7) is 13.5. The fraction of sp³-hybridized carbons (Fsp3) is 1.00. The highest BCUT2D eigenvalue weighted by Gasteiger charge is 2.54. The van der Waals surface area contributed by atoms with Gasteiger partial charge in [0.2, 0.25) is 7.44 Å². The van der Waals surface area contributed by atoms with Crippen LogP contribution in [0.15, 0.2) is 0 Å². The molecular formula is C11H25N2O2P. The van der Waals surface area contributed by atoms with Crippen LogP contribution in [-0.4, -0.2) is 47.5 Å². The Kier molecular flexibility index (Phi) is 4.99. The summed E-state index contributed by atoms with van der Waals surface area (Å²) in [5.74, 6) is -0.0766. The minimum Gasteiger partial charge on any atom is -0.359 e. The number of nitrogens with zero attached hydrogens (tertiary/aromatic N) is 2. The van der Waals surface area contributed by atoms with Crippen molar-refractivity contribution in [3.63, 3.8) is 0 Å². The summed E-state index contributed by atoms with van der Waals surface area (Å²) in [5, 5.41) is 0. The van der Waals surface area contributed by atoms with E-state index in [9.17, 15) is 4.57 Å². The average molecular weight is 248 g/mol. The third kappa shape index (κ3) is 2.35. The summed E-state index contributed by atoms with van der Waals surface area (Å²) in [6.07, 6.45) is 0.145. The molecule has 0 N–H and O–H groups in total. The first kappa shape index (κ1) is 14.2. The first-order valence-corrected chi connectivity index (χ1v) is 8.00. The van der Waals surface area contributed by atoms with Gasteiger partial charge in [0.1, 0.15) is 0 Å². The van der Waals surface area contributed by atoms with Crippen molar-refractivity contribution < 1.29 is 9.30 Å². The topological polar surface area (TPSA) is 36.1 Å². The van der Waals surface area contributed by atoms with Crippen molar-refractivity contribution in [3.8, 4) is 0 Å². The second-order valence-corrected chi connectivity index (χ2v) is 6.92. The predicted octanol–water partition coefficient (Wildman–Crippen LogP) is 2.61. The van der Waals surface area contributed by atoms with Gasteiger partial charge in [-0.2, -0.15) is 0 Å². The number of rotatable bonds is 7. The number of epoxide rings is 1. The normalized spacial score (nSPS) is 25.4. The first-order valence-electron chi connectivity index (χ1n) is 6.32. The van der Waals surface area contributed by atoms with Crippen molar-refractivity contribution in [2.75, 3.05) is 26.2 Å². The van der Waals surface area contributed by atoms with Crippen LogP contribution >= 0.6 is 7.44 Å². The second kappa shape index (κ2) is 5.63. The quantitative estimate of drug-likeness (QED) is 0.512. The maximum absolute atomic E-state index is 13.2. The number of hydrogen-bond donors (Lipinski definition) is 0. The van der Waals surface area contributed by atoms with Crippen LogP contribution in [0.5, 0.6) is 0 Å². The molecule has 0 amide bonds. The van der Waals surface area contributed by atoms with Crippen molar-refractivity contribution in [2.45, 2.75) is 46.6 Å². The Labute approximate surface area is 99.4 Å². The van der Waals surface area contributed by atoms with Crippen LogP contribution < -0.4 is 0 Å². The van der Waals surface area contributed by atoms with E-state index in [1.165, 1.54) is 0 Å². The molecule has 1 heterocycles. The molecule has 1 aliphatic heterocycles. The SMILES string of the molecule is CCN(CC)P(=O)([C@@H]1O[C@@H]1C)N(CC)CC. The standard InChI is InChI=1S/C11H25N2O2P/c1-6-12(7-2)16(14,11-10(5)15-11)13(8-3)9-4/h10-11H,6-9H2,1-5H3/t10-,11+/m1/s1. The molecule has 96 valence electrons. The molecule has 0 saturated carbocycles. The lowest BCUT2D eigenvalue weighted by Gasteiger charge is -2.36. The largest absolute Gasteiger partial charge is 0.359 e. The van der Waals surface area contributed by atoms with Gasteiger partial charge >= 0.3 is 0 Å². The predicted molar refractivity (Wildman–Crippen MR) is 67.8 cm³/mol. The van der Waals surface area contributed by atoms with Crippen molar-refractivity contribution in [1.82, 2.24) is 9.34 Å². The minimum absolute atomic E-state index is 0.0766. The van der Waals surface area contributed by atoms with Crippen LogP contribution in [0.25, 0.3) is 0 Å². The molecule has 1 fully saturated rings. The van der Waals surface area contributed by atoms with Gasteiger partial charge in [0, 0.05) is 26.2 Å².